The van der Waals surface area contributed by atoms with Gasteiger partial charge in [0, 0.05) is 5.02 Å². The van der Waals surface area contributed by atoms with Crippen molar-refractivity contribution in [3.63, 3.8) is 0 Å². The van der Waals surface area contributed by atoms with Crippen molar-refractivity contribution < 1.29 is 9.59 Å². The van der Waals surface area contributed by atoms with Crippen LogP contribution in [0.4, 0.5) is 4.79 Å². The van der Waals surface area contributed by atoms with Crippen LogP contribution >= 0.6 is 11.6 Å². The zero-order valence-corrected chi connectivity index (χ0v) is 13.8. The van der Waals surface area contributed by atoms with Crippen molar-refractivity contribution in [2.75, 3.05) is 0 Å². The largest absolute Gasteiger partial charge is 0.325 e. The second kappa shape index (κ2) is 5.64. The molecule has 0 aromatic heterocycles. The lowest BCUT2D eigenvalue weighted by Gasteiger charge is -2.33. The molecule has 24 heavy (non-hydrogen) atoms. The molecule has 5 heteroatoms. The smallest absolute Gasteiger partial charge is 0.319 e. The molecule has 1 unspecified atom stereocenters. The Morgan fingerprint density at radius 1 is 1.08 bits per heavy atom. The van der Waals surface area contributed by atoms with Crippen LogP contribution in [0.3, 0.4) is 0 Å². The van der Waals surface area contributed by atoms with Gasteiger partial charge in [0.1, 0.15) is 5.54 Å². The normalized spacial score (nSPS) is 22.6. The van der Waals surface area contributed by atoms with E-state index in [1.165, 1.54) is 4.90 Å². The van der Waals surface area contributed by atoms with Gasteiger partial charge in [-0.3, -0.25) is 9.69 Å². The van der Waals surface area contributed by atoms with Crippen LogP contribution in [0.15, 0.2) is 48.5 Å². The highest BCUT2D eigenvalue weighted by Crippen LogP contribution is 2.40. The number of hydrogen-bond donors (Lipinski definition) is 1. The lowest BCUT2D eigenvalue weighted by molar-refractivity contribution is -0.132. The fraction of sp³-hybridized carbons (Fsp3) is 0.263. The third kappa shape index (κ3) is 2.29. The molecule has 1 aliphatic carbocycles. The maximum Gasteiger partial charge on any atom is 0.325 e. The number of hydrogen-bond acceptors (Lipinski definition) is 2. The van der Waals surface area contributed by atoms with Crippen molar-refractivity contribution in [1.29, 1.82) is 0 Å². The number of amides is 3. The number of nitrogens with one attached hydrogen (secondary N) is 1. The number of fused-ring (bicyclic) bond motifs is 2. The van der Waals surface area contributed by atoms with Crippen LogP contribution in [0, 0.1) is 0 Å². The Morgan fingerprint density at radius 2 is 1.83 bits per heavy atom. The van der Waals surface area contributed by atoms with Crippen LogP contribution in [-0.2, 0) is 23.3 Å². The van der Waals surface area contributed by atoms with Gasteiger partial charge in [-0.15, -0.1) is 0 Å². The van der Waals surface area contributed by atoms with Crippen LogP contribution in [0.2, 0.25) is 5.02 Å². The van der Waals surface area contributed by atoms with E-state index < -0.39 is 5.54 Å². The summed E-state index contributed by atoms with van der Waals surface area (Å²) >= 11 is 5.90. The third-order valence-electron chi connectivity index (χ3n) is 4.90. The van der Waals surface area contributed by atoms with Gasteiger partial charge in [-0.05, 0) is 48.1 Å². The number of benzene rings is 2. The van der Waals surface area contributed by atoms with Crippen LogP contribution < -0.4 is 5.32 Å². The minimum Gasteiger partial charge on any atom is -0.319 e. The fourth-order valence-electron chi connectivity index (χ4n) is 3.73. The molecular formula is C19H17ClN2O2. The molecule has 1 fully saturated rings. The van der Waals surface area contributed by atoms with Gasteiger partial charge in [0.2, 0.25) is 0 Å². The molecular weight excluding hydrogens is 324 g/mol. The van der Waals surface area contributed by atoms with Crippen molar-refractivity contribution in [3.8, 4) is 0 Å². The molecule has 1 atom stereocenters. The number of rotatable bonds is 2. The van der Waals surface area contributed by atoms with Gasteiger partial charge in [-0.25, -0.2) is 4.79 Å². The second-order valence-electron chi connectivity index (χ2n) is 6.36. The van der Waals surface area contributed by atoms with E-state index in [1.807, 2.05) is 36.4 Å². The van der Waals surface area contributed by atoms with Gasteiger partial charge in [-0.1, -0.05) is 48.0 Å². The van der Waals surface area contributed by atoms with E-state index in [0.29, 0.717) is 11.4 Å². The molecule has 0 bridgehead atoms. The maximum atomic E-state index is 13.1. The number of imide groups is 1. The molecule has 1 aliphatic heterocycles. The highest BCUT2D eigenvalue weighted by Gasteiger charge is 2.53. The van der Waals surface area contributed by atoms with E-state index in [4.69, 9.17) is 11.6 Å². The fourth-order valence-corrected chi connectivity index (χ4v) is 3.85. The van der Waals surface area contributed by atoms with Gasteiger partial charge >= 0.3 is 6.03 Å². The summed E-state index contributed by atoms with van der Waals surface area (Å²) in [4.78, 5) is 27.0. The number of aryl methyl sites for hydroxylation is 1. The average Bonchev–Trinajstić information content (AvgIpc) is 2.82. The number of carbonyl (C=O) groups excluding carboxylic acids is 2. The first-order valence-electron chi connectivity index (χ1n) is 8.07. The number of carbonyl (C=O) groups is 2. The van der Waals surface area contributed by atoms with Crippen molar-refractivity contribution in [3.05, 3.63) is 70.2 Å². The molecule has 2 aromatic carbocycles. The third-order valence-corrected chi connectivity index (χ3v) is 5.16. The van der Waals surface area contributed by atoms with Crippen LogP contribution in [0.1, 0.15) is 29.5 Å². The molecule has 122 valence electrons. The summed E-state index contributed by atoms with van der Waals surface area (Å²) < 4.78 is 0. The second-order valence-corrected chi connectivity index (χ2v) is 6.80. The SMILES string of the molecule is O=C1NC2(CCCc3ccccc32)C(=O)N1Cc1ccc(Cl)cc1. The van der Waals surface area contributed by atoms with E-state index in [0.717, 1.165) is 29.5 Å². The van der Waals surface area contributed by atoms with Crippen molar-refractivity contribution in [1.82, 2.24) is 10.2 Å². The zero-order valence-electron chi connectivity index (χ0n) is 13.1. The maximum absolute atomic E-state index is 13.1. The highest BCUT2D eigenvalue weighted by atomic mass is 35.5. The number of urea groups is 1. The highest BCUT2D eigenvalue weighted by molar-refractivity contribution is 6.30. The first kappa shape index (κ1) is 15.2. The quantitative estimate of drug-likeness (QED) is 0.849. The van der Waals surface area contributed by atoms with Crippen LogP contribution in [-0.4, -0.2) is 16.8 Å². The van der Waals surface area contributed by atoms with Crippen molar-refractivity contribution in [2.45, 2.75) is 31.3 Å². The Labute approximate surface area is 145 Å². The Balaban J connectivity index is 1.68. The minimum atomic E-state index is -0.904. The minimum absolute atomic E-state index is 0.158. The van der Waals surface area contributed by atoms with Crippen molar-refractivity contribution in [2.24, 2.45) is 0 Å². The first-order valence-corrected chi connectivity index (χ1v) is 8.45. The Bertz CT molecular complexity index is 818. The predicted molar refractivity (Wildman–Crippen MR) is 91.6 cm³/mol. The Kier molecular flexibility index (Phi) is 3.57. The average molecular weight is 341 g/mol. The van der Waals surface area contributed by atoms with E-state index in [9.17, 15) is 9.59 Å². The van der Waals surface area contributed by atoms with Crippen LogP contribution in [0.5, 0.6) is 0 Å². The van der Waals surface area contributed by atoms with Gasteiger partial charge in [-0.2, -0.15) is 0 Å². The van der Waals surface area contributed by atoms with Crippen LogP contribution in [0.25, 0.3) is 0 Å². The molecule has 4 nitrogen and oxygen atoms in total. The molecule has 1 spiro atoms. The standard InChI is InChI=1S/C19H17ClN2O2/c20-15-9-7-13(8-10-15)12-22-17(23)19(21-18(22)24)11-3-5-14-4-1-2-6-16(14)19/h1-2,4,6-10H,3,5,11-12H2,(H,21,24). The van der Waals surface area contributed by atoms with Gasteiger partial charge in [0.15, 0.2) is 0 Å². The topological polar surface area (TPSA) is 49.4 Å². The zero-order chi connectivity index (χ0) is 16.7. The van der Waals surface area contributed by atoms with E-state index >= 15 is 0 Å². The lowest BCUT2D eigenvalue weighted by Crippen LogP contribution is -2.46. The summed E-state index contributed by atoms with van der Waals surface area (Å²) in [6.45, 7) is 0.256. The predicted octanol–water partition coefficient (Wildman–Crippen LogP) is 3.62. The summed E-state index contributed by atoms with van der Waals surface area (Å²) in [5.74, 6) is -0.158. The van der Waals surface area contributed by atoms with Gasteiger partial charge in [0.25, 0.3) is 5.91 Å². The molecule has 1 saturated heterocycles. The molecule has 1 N–H and O–H groups in total. The number of nitrogens with zero attached hydrogens (tertiary/aromatic N) is 1. The summed E-state index contributed by atoms with van der Waals surface area (Å²) in [5, 5.41) is 3.60. The Hall–Kier alpha value is -2.33. The molecule has 0 saturated carbocycles. The molecule has 1 heterocycles. The number of halogens is 1. The van der Waals surface area contributed by atoms with E-state index in [1.54, 1.807) is 12.1 Å². The molecule has 0 radical (unpaired) electrons. The summed E-state index contributed by atoms with van der Waals surface area (Å²) in [6, 6.07) is 14.8. The lowest BCUT2D eigenvalue weighted by atomic mass is 9.76. The molecule has 3 amide bonds. The first-order chi connectivity index (χ1) is 11.6. The monoisotopic (exact) mass is 340 g/mol. The summed E-state index contributed by atoms with van der Waals surface area (Å²) in [7, 11) is 0. The van der Waals surface area contributed by atoms with E-state index in [2.05, 4.69) is 5.32 Å². The van der Waals surface area contributed by atoms with Crippen molar-refractivity contribution >= 4 is 23.5 Å². The summed E-state index contributed by atoms with van der Waals surface area (Å²) in [5.41, 5.74) is 2.06. The van der Waals surface area contributed by atoms with Gasteiger partial charge in [0.05, 0.1) is 6.54 Å². The molecule has 2 aliphatic rings. The van der Waals surface area contributed by atoms with E-state index in [-0.39, 0.29) is 18.5 Å². The molecule has 2 aromatic rings. The van der Waals surface area contributed by atoms with Gasteiger partial charge < -0.3 is 5.32 Å². The molecule has 4 rings (SSSR count). The summed E-state index contributed by atoms with van der Waals surface area (Å²) in [6.07, 6.45) is 2.47. The Morgan fingerprint density at radius 3 is 2.62 bits per heavy atom.